The maximum atomic E-state index is 5.45. The van der Waals surface area contributed by atoms with Crippen molar-refractivity contribution >= 4 is 0 Å². The fourth-order valence-electron chi connectivity index (χ4n) is 1.73. The van der Waals surface area contributed by atoms with Crippen LogP contribution < -0.4 is 5.32 Å². The van der Waals surface area contributed by atoms with E-state index in [2.05, 4.69) is 30.0 Å². The Bertz CT molecular complexity index is 171. The molecule has 1 rings (SSSR count). The van der Waals surface area contributed by atoms with E-state index < -0.39 is 0 Å². The molecule has 1 saturated heterocycles. The Morgan fingerprint density at radius 1 is 1.75 bits per heavy atom. The van der Waals surface area contributed by atoms with E-state index in [0.29, 0.717) is 12.1 Å². The standard InChI is InChI=1S/C10H18N2/c1-4-10(5-2)12-7-6-11-9(3)8-12/h1,9-11H,5-8H2,2-3H3. The van der Waals surface area contributed by atoms with Crippen molar-refractivity contribution in [1.29, 1.82) is 0 Å². The molecule has 2 atom stereocenters. The number of terminal acetylenes is 1. The maximum Gasteiger partial charge on any atom is 0.0710 e. The molecule has 2 nitrogen and oxygen atoms in total. The minimum Gasteiger partial charge on any atom is -0.312 e. The van der Waals surface area contributed by atoms with Gasteiger partial charge in [0.15, 0.2) is 0 Å². The first-order chi connectivity index (χ1) is 5.77. The van der Waals surface area contributed by atoms with Crippen LogP contribution in [-0.2, 0) is 0 Å². The Labute approximate surface area is 75.3 Å². The molecule has 1 fully saturated rings. The summed E-state index contributed by atoms with van der Waals surface area (Å²) in [6.07, 6.45) is 6.51. The molecule has 2 unspecified atom stereocenters. The van der Waals surface area contributed by atoms with Crippen LogP contribution in [0.4, 0.5) is 0 Å². The van der Waals surface area contributed by atoms with Gasteiger partial charge >= 0.3 is 0 Å². The predicted molar refractivity (Wildman–Crippen MR) is 51.9 cm³/mol. The van der Waals surface area contributed by atoms with Crippen LogP contribution in [-0.4, -0.2) is 36.6 Å². The van der Waals surface area contributed by atoms with E-state index in [1.165, 1.54) is 0 Å². The van der Waals surface area contributed by atoms with Crippen LogP contribution in [0.3, 0.4) is 0 Å². The van der Waals surface area contributed by atoms with Gasteiger partial charge in [-0.25, -0.2) is 0 Å². The van der Waals surface area contributed by atoms with Gasteiger partial charge in [0.05, 0.1) is 6.04 Å². The minimum atomic E-state index is 0.342. The highest BCUT2D eigenvalue weighted by molar-refractivity contribution is 5.00. The summed E-state index contributed by atoms with van der Waals surface area (Å²) < 4.78 is 0. The van der Waals surface area contributed by atoms with Crippen LogP contribution in [0, 0.1) is 12.3 Å². The Hall–Kier alpha value is -0.520. The molecule has 0 aliphatic carbocycles. The lowest BCUT2D eigenvalue weighted by Crippen LogP contribution is -2.52. The van der Waals surface area contributed by atoms with Gasteiger partial charge in [0.25, 0.3) is 0 Å². The second-order valence-electron chi connectivity index (χ2n) is 3.44. The molecule has 1 N–H and O–H groups in total. The second kappa shape index (κ2) is 4.49. The summed E-state index contributed by atoms with van der Waals surface area (Å²) in [5, 5.41) is 3.40. The largest absolute Gasteiger partial charge is 0.312 e. The molecule has 0 radical (unpaired) electrons. The number of nitrogens with one attached hydrogen (secondary N) is 1. The third kappa shape index (κ3) is 2.23. The second-order valence-corrected chi connectivity index (χ2v) is 3.44. The summed E-state index contributed by atoms with van der Waals surface area (Å²) in [6, 6.07) is 0.927. The van der Waals surface area contributed by atoms with Gasteiger partial charge in [-0.15, -0.1) is 6.42 Å². The molecular weight excluding hydrogens is 148 g/mol. The van der Waals surface area contributed by atoms with Crippen molar-refractivity contribution in [3.8, 4) is 12.3 Å². The number of piperazine rings is 1. The molecule has 0 aromatic carbocycles. The molecule has 0 bridgehead atoms. The van der Waals surface area contributed by atoms with Gasteiger partial charge < -0.3 is 5.32 Å². The molecule has 1 aliphatic rings. The third-order valence-corrected chi connectivity index (χ3v) is 2.42. The van der Waals surface area contributed by atoms with Crippen molar-refractivity contribution in [3.05, 3.63) is 0 Å². The molecular formula is C10H18N2. The Balaban J connectivity index is 2.45. The third-order valence-electron chi connectivity index (χ3n) is 2.42. The van der Waals surface area contributed by atoms with Crippen molar-refractivity contribution in [2.75, 3.05) is 19.6 Å². The first-order valence-electron chi connectivity index (χ1n) is 4.71. The quantitative estimate of drug-likeness (QED) is 0.607. The van der Waals surface area contributed by atoms with Crippen molar-refractivity contribution in [2.45, 2.75) is 32.4 Å². The van der Waals surface area contributed by atoms with Crippen LogP contribution in [0.1, 0.15) is 20.3 Å². The zero-order valence-corrected chi connectivity index (χ0v) is 8.01. The average molecular weight is 166 g/mol. The van der Waals surface area contributed by atoms with E-state index in [1.807, 2.05) is 0 Å². The van der Waals surface area contributed by atoms with Gasteiger partial charge in [0.1, 0.15) is 0 Å². The normalized spacial score (nSPS) is 27.9. The molecule has 12 heavy (non-hydrogen) atoms. The minimum absolute atomic E-state index is 0.342. The molecule has 1 heterocycles. The summed E-state index contributed by atoms with van der Waals surface area (Å²) in [4.78, 5) is 2.39. The van der Waals surface area contributed by atoms with E-state index in [0.717, 1.165) is 26.1 Å². The van der Waals surface area contributed by atoms with Gasteiger partial charge in [-0.3, -0.25) is 4.90 Å². The number of rotatable bonds is 2. The summed E-state index contributed by atoms with van der Waals surface area (Å²) in [6.45, 7) is 7.60. The van der Waals surface area contributed by atoms with Gasteiger partial charge in [-0.2, -0.15) is 0 Å². The Kier molecular flexibility index (Phi) is 3.58. The van der Waals surface area contributed by atoms with Gasteiger partial charge in [-0.1, -0.05) is 12.8 Å². The first-order valence-corrected chi connectivity index (χ1v) is 4.71. The predicted octanol–water partition coefficient (Wildman–Crippen LogP) is 0.692. The summed E-state index contributed by atoms with van der Waals surface area (Å²) in [5.41, 5.74) is 0. The Morgan fingerprint density at radius 2 is 2.50 bits per heavy atom. The highest BCUT2D eigenvalue weighted by Gasteiger charge is 2.20. The van der Waals surface area contributed by atoms with Crippen LogP contribution >= 0.6 is 0 Å². The molecule has 1 aliphatic heterocycles. The van der Waals surface area contributed by atoms with E-state index in [-0.39, 0.29) is 0 Å². The van der Waals surface area contributed by atoms with E-state index in [4.69, 9.17) is 6.42 Å². The molecule has 0 aromatic heterocycles. The van der Waals surface area contributed by atoms with Crippen LogP contribution in [0.25, 0.3) is 0 Å². The Morgan fingerprint density at radius 3 is 3.00 bits per heavy atom. The van der Waals surface area contributed by atoms with Crippen LogP contribution in [0.5, 0.6) is 0 Å². The first kappa shape index (κ1) is 9.57. The van der Waals surface area contributed by atoms with E-state index in [9.17, 15) is 0 Å². The monoisotopic (exact) mass is 166 g/mol. The molecule has 0 aromatic rings. The van der Waals surface area contributed by atoms with Crippen molar-refractivity contribution < 1.29 is 0 Å². The molecule has 2 heteroatoms. The lowest BCUT2D eigenvalue weighted by atomic mass is 10.1. The fourth-order valence-corrected chi connectivity index (χ4v) is 1.73. The summed E-state index contributed by atoms with van der Waals surface area (Å²) in [7, 11) is 0. The number of nitrogens with zero attached hydrogens (tertiary/aromatic N) is 1. The highest BCUT2D eigenvalue weighted by Crippen LogP contribution is 2.06. The van der Waals surface area contributed by atoms with Crippen molar-refractivity contribution in [3.63, 3.8) is 0 Å². The number of hydrogen-bond donors (Lipinski definition) is 1. The molecule has 0 spiro atoms. The van der Waals surface area contributed by atoms with Crippen LogP contribution in [0.2, 0.25) is 0 Å². The lowest BCUT2D eigenvalue weighted by Gasteiger charge is -2.35. The van der Waals surface area contributed by atoms with Gasteiger partial charge in [0.2, 0.25) is 0 Å². The SMILES string of the molecule is C#CC(CC)N1CCNC(C)C1. The topological polar surface area (TPSA) is 15.3 Å². The molecule has 0 saturated carbocycles. The average Bonchev–Trinajstić information content (AvgIpc) is 2.07. The van der Waals surface area contributed by atoms with Gasteiger partial charge in [0, 0.05) is 25.7 Å². The summed E-state index contributed by atoms with van der Waals surface area (Å²) >= 11 is 0. The summed E-state index contributed by atoms with van der Waals surface area (Å²) in [5.74, 6) is 2.84. The van der Waals surface area contributed by atoms with Crippen molar-refractivity contribution in [1.82, 2.24) is 10.2 Å². The van der Waals surface area contributed by atoms with Gasteiger partial charge in [-0.05, 0) is 13.3 Å². The van der Waals surface area contributed by atoms with E-state index >= 15 is 0 Å². The molecule has 0 amide bonds. The fraction of sp³-hybridized carbons (Fsp3) is 0.800. The highest BCUT2D eigenvalue weighted by atomic mass is 15.2. The maximum absolute atomic E-state index is 5.45. The number of hydrogen-bond acceptors (Lipinski definition) is 2. The lowest BCUT2D eigenvalue weighted by molar-refractivity contribution is 0.175. The van der Waals surface area contributed by atoms with Crippen molar-refractivity contribution in [2.24, 2.45) is 0 Å². The zero-order chi connectivity index (χ0) is 8.97. The van der Waals surface area contributed by atoms with E-state index in [1.54, 1.807) is 0 Å². The zero-order valence-electron chi connectivity index (χ0n) is 8.01. The van der Waals surface area contributed by atoms with Crippen LogP contribution in [0.15, 0.2) is 0 Å². The molecule has 68 valence electrons. The smallest absolute Gasteiger partial charge is 0.0710 e.